The minimum absolute atomic E-state index is 0.116. The van der Waals surface area contributed by atoms with Crippen LogP contribution in [0.3, 0.4) is 0 Å². The summed E-state index contributed by atoms with van der Waals surface area (Å²) < 4.78 is 13.8. The van der Waals surface area contributed by atoms with Crippen molar-refractivity contribution in [3.63, 3.8) is 0 Å². The highest BCUT2D eigenvalue weighted by Gasteiger charge is 2.62. The normalized spacial score (nSPS) is 35.8. The van der Waals surface area contributed by atoms with Gasteiger partial charge in [-0.25, -0.2) is 4.39 Å². The van der Waals surface area contributed by atoms with Crippen LogP contribution in [0, 0.1) is 40.3 Å². The summed E-state index contributed by atoms with van der Waals surface area (Å²) in [5.41, 5.74) is 3.65. The number of hydrogen-bond donors (Lipinski definition) is 1. The van der Waals surface area contributed by atoms with E-state index in [1.807, 2.05) is 18.2 Å². The number of fused-ring (bicyclic) bond motifs is 4. The van der Waals surface area contributed by atoms with Gasteiger partial charge in [0.05, 0.1) is 0 Å². The Bertz CT molecular complexity index is 1110. The minimum atomic E-state index is -1.02. The summed E-state index contributed by atoms with van der Waals surface area (Å²) in [6, 6.07) is 6.92. The van der Waals surface area contributed by atoms with Crippen LogP contribution in [0.5, 0.6) is 0 Å². The van der Waals surface area contributed by atoms with Gasteiger partial charge < -0.3 is 5.11 Å². The molecular formula is C30H35FO2. The smallest absolute Gasteiger partial charge is 0.156 e. The summed E-state index contributed by atoms with van der Waals surface area (Å²) in [6.07, 6.45) is 7.68. The second-order valence-corrected chi connectivity index (χ2v) is 11.9. The van der Waals surface area contributed by atoms with Gasteiger partial charge in [-0.05, 0) is 106 Å². The fourth-order valence-corrected chi connectivity index (χ4v) is 7.16. The third-order valence-electron chi connectivity index (χ3n) is 8.80. The van der Waals surface area contributed by atoms with Gasteiger partial charge >= 0.3 is 0 Å². The maximum absolute atomic E-state index is 13.8. The van der Waals surface area contributed by atoms with Crippen molar-refractivity contribution in [2.75, 3.05) is 0 Å². The summed E-state index contributed by atoms with van der Waals surface area (Å²) in [4.78, 5) is 12.1. The lowest BCUT2D eigenvalue weighted by atomic mass is 9.51. The Morgan fingerprint density at radius 3 is 2.52 bits per heavy atom. The summed E-state index contributed by atoms with van der Waals surface area (Å²) in [5.74, 6) is 7.56. The number of carbonyl (C=O) groups is 1. The molecule has 2 fully saturated rings. The summed E-state index contributed by atoms with van der Waals surface area (Å²) in [5, 5.41) is 12.0. The molecule has 0 aromatic heterocycles. The van der Waals surface area contributed by atoms with Gasteiger partial charge in [0.25, 0.3) is 0 Å². The molecular weight excluding hydrogens is 411 g/mol. The summed E-state index contributed by atoms with van der Waals surface area (Å²) in [7, 11) is 0. The monoisotopic (exact) mass is 446 g/mol. The van der Waals surface area contributed by atoms with E-state index in [0.717, 1.165) is 37.7 Å². The molecule has 0 spiro atoms. The summed E-state index contributed by atoms with van der Waals surface area (Å²) in [6.45, 7) is 8.50. The van der Waals surface area contributed by atoms with Gasteiger partial charge in [0.1, 0.15) is 11.4 Å². The van der Waals surface area contributed by atoms with Crippen LogP contribution in [0.1, 0.15) is 84.1 Å². The highest BCUT2D eigenvalue weighted by Crippen LogP contribution is 2.66. The number of hydrogen-bond acceptors (Lipinski definition) is 2. The van der Waals surface area contributed by atoms with Crippen molar-refractivity contribution >= 4 is 5.78 Å². The standard InChI is InChI=1S/C30H35FO2/c1-28(2,3)15-16-30(33)14-13-26-24-11-7-20-17-22(32)10-12-23(20)27(24)25(18-29(26,30)4)19-5-8-21(31)9-6-19/h5-6,8-9,17,24-26,33H,7,10-14,18H2,1-4H3/t24-,25+,26-,29-,30+/m0/s1. The number of ketones is 1. The first-order valence-corrected chi connectivity index (χ1v) is 12.5. The number of halogens is 1. The predicted molar refractivity (Wildman–Crippen MR) is 129 cm³/mol. The number of aliphatic hydroxyl groups is 1. The maximum Gasteiger partial charge on any atom is 0.156 e. The number of carbonyl (C=O) groups excluding carboxylic acids is 1. The third-order valence-corrected chi connectivity index (χ3v) is 8.80. The van der Waals surface area contributed by atoms with Crippen molar-refractivity contribution in [3.8, 4) is 11.8 Å². The van der Waals surface area contributed by atoms with Gasteiger partial charge in [-0.3, -0.25) is 4.79 Å². The van der Waals surface area contributed by atoms with E-state index in [-0.39, 0.29) is 28.3 Å². The Kier molecular flexibility index (Phi) is 5.25. The van der Waals surface area contributed by atoms with Crippen molar-refractivity contribution in [1.29, 1.82) is 0 Å². The predicted octanol–water partition coefficient (Wildman–Crippen LogP) is 6.51. The fourth-order valence-electron chi connectivity index (χ4n) is 7.16. The molecule has 4 aliphatic carbocycles. The molecule has 0 radical (unpaired) electrons. The van der Waals surface area contributed by atoms with Gasteiger partial charge in [-0.1, -0.05) is 36.5 Å². The molecule has 1 aromatic rings. The zero-order valence-corrected chi connectivity index (χ0v) is 20.3. The number of benzene rings is 1. The molecule has 1 N–H and O–H groups in total. The van der Waals surface area contributed by atoms with Crippen LogP contribution in [-0.4, -0.2) is 16.5 Å². The Labute approximate surface area is 197 Å². The second kappa shape index (κ2) is 7.67. The highest BCUT2D eigenvalue weighted by molar-refractivity contribution is 5.93. The van der Waals surface area contributed by atoms with Crippen molar-refractivity contribution in [2.24, 2.45) is 22.7 Å². The van der Waals surface area contributed by atoms with Crippen molar-refractivity contribution in [2.45, 2.75) is 84.2 Å². The Balaban J connectivity index is 1.66. The molecule has 33 heavy (non-hydrogen) atoms. The van der Waals surface area contributed by atoms with E-state index in [1.165, 1.54) is 16.7 Å². The molecule has 0 unspecified atom stereocenters. The molecule has 5 rings (SSSR count). The Hall–Kier alpha value is -2.18. The average Bonchev–Trinajstić information content (AvgIpc) is 3.02. The average molecular weight is 447 g/mol. The van der Waals surface area contributed by atoms with Gasteiger partial charge in [0.15, 0.2) is 5.78 Å². The first-order valence-electron chi connectivity index (χ1n) is 12.5. The second-order valence-electron chi connectivity index (χ2n) is 11.9. The van der Waals surface area contributed by atoms with E-state index in [9.17, 15) is 14.3 Å². The molecule has 3 heteroatoms. The molecule has 1 aromatic carbocycles. The van der Waals surface area contributed by atoms with E-state index >= 15 is 0 Å². The Morgan fingerprint density at radius 2 is 1.82 bits per heavy atom. The third kappa shape index (κ3) is 3.71. The van der Waals surface area contributed by atoms with E-state index in [0.29, 0.717) is 24.7 Å². The van der Waals surface area contributed by atoms with Crippen LogP contribution >= 0.6 is 0 Å². The highest BCUT2D eigenvalue weighted by atomic mass is 19.1. The van der Waals surface area contributed by atoms with Gasteiger partial charge in [-0.2, -0.15) is 0 Å². The molecule has 0 amide bonds. The quantitative estimate of drug-likeness (QED) is 0.500. The maximum atomic E-state index is 13.8. The topological polar surface area (TPSA) is 37.3 Å². The number of allylic oxidation sites excluding steroid dienone is 4. The lowest BCUT2D eigenvalue weighted by molar-refractivity contribution is -0.114. The van der Waals surface area contributed by atoms with E-state index in [2.05, 4.69) is 39.5 Å². The molecule has 0 aliphatic heterocycles. The Morgan fingerprint density at radius 1 is 1.09 bits per heavy atom. The van der Waals surface area contributed by atoms with Gasteiger partial charge in [0, 0.05) is 23.2 Å². The van der Waals surface area contributed by atoms with Crippen molar-refractivity contribution in [3.05, 3.63) is 58.4 Å². The van der Waals surface area contributed by atoms with E-state index in [1.54, 1.807) is 12.1 Å². The van der Waals surface area contributed by atoms with Gasteiger partial charge in [-0.15, -0.1) is 0 Å². The lowest BCUT2D eigenvalue weighted by Gasteiger charge is -2.53. The summed E-state index contributed by atoms with van der Waals surface area (Å²) >= 11 is 0. The zero-order valence-electron chi connectivity index (χ0n) is 20.3. The first-order chi connectivity index (χ1) is 15.5. The van der Waals surface area contributed by atoms with Crippen LogP contribution in [0.4, 0.5) is 4.39 Å². The van der Waals surface area contributed by atoms with E-state index < -0.39 is 5.60 Å². The molecule has 0 bridgehead atoms. The SMILES string of the molecule is CC(C)(C)C#C[C@]1(O)CC[C@H]2[C@@H]3CCC4=CC(=O)CCC4=C3[C@@H](c3ccc(F)cc3)C[C@@]21C. The van der Waals surface area contributed by atoms with Crippen LogP contribution in [0.2, 0.25) is 0 Å². The molecule has 2 saturated carbocycles. The minimum Gasteiger partial charge on any atom is -0.377 e. The molecule has 4 aliphatic rings. The molecule has 5 atom stereocenters. The van der Waals surface area contributed by atoms with Crippen LogP contribution in [0.15, 0.2) is 47.1 Å². The fraction of sp³-hybridized carbons (Fsp3) is 0.567. The van der Waals surface area contributed by atoms with Crippen LogP contribution in [-0.2, 0) is 4.79 Å². The van der Waals surface area contributed by atoms with Gasteiger partial charge in [0.2, 0.25) is 0 Å². The van der Waals surface area contributed by atoms with Crippen molar-refractivity contribution in [1.82, 2.24) is 0 Å². The molecule has 0 saturated heterocycles. The van der Waals surface area contributed by atoms with E-state index in [4.69, 9.17) is 0 Å². The van der Waals surface area contributed by atoms with Crippen LogP contribution in [0.25, 0.3) is 0 Å². The first kappa shape index (κ1) is 22.6. The molecule has 174 valence electrons. The largest absolute Gasteiger partial charge is 0.377 e. The van der Waals surface area contributed by atoms with Crippen molar-refractivity contribution < 1.29 is 14.3 Å². The van der Waals surface area contributed by atoms with Crippen LogP contribution < -0.4 is 0 Å². The molecule has 0 heterocycles. The number of rotatable bonds is 1. The lowest BCUT2D eigenvalue weighted by Crippen LogP contribution is -2.51. The molecule has 2 nitrogen and oxygen atoms in total. The zero-order chi connectivity index (χ0) is 23.6.